The molecular formula is C13H16Cl2O2. The van der Waals surface area contributed by atoms with E-state index >= 15 is 0 Å². The first-order valence-electron chi connectivity index (χ1n) is 5.81. The number of ether oxygens (including phenoxy) is 1. The molecule has 1 heterocycles. The van der Waals surface area contributed by atoms with E-state index in [1.54, 1.807) is 12.1 Å². The summed E-state index contributed by atoms with van der Waals surface area (Å²) in [4.78, 5) is 0. The monoisotopic (exact) mass is 274 g/mol. The van der Waals surface area contributed by atoms with Gasteiger partial charge in [-0.25, -0.2) is 0 Å². The van der Waals surface area contributed by atoms with Crippen molar-refractivity contribution in [2.75, 3.05) is 6.61 Å². The number of hydrogen-bond acceptors (Lipinski definition) is 2. The summed E-state index contributed by atoms with van der Waals surface area (Å²) in [5.74, 6) is 0.410. The lowest BCUT2D eigenvalue weighted by Crippen LogP contribution is -2.31. The van der Waals surface area contributed by atoms with E-state index in [1.165, 1.54) is 0 Å². The van der Waals surface area contributed by atoms with Gasteiger partial charge in [-0.2, -0.15) is 0 Å². The van der Waals surface area contributed by atoms with Crippen LogP contribution in [0.25, 0.3) is 0 Å². The van der Waals surface area contributed by atoms with E-state index in [9.17, 15) is 5.11 Å². The number of rotatable bonds is 3. The smallest absolute Gasteiger partial charge is 0.0863 e. The Bertz CT molecular complexity index is 395. The second-order valence-electron chi connectivity index (χ2n) is 4.62. The fourth-order valence-electron chi connectivity index (χ4n) is 2.23. The number of aliphatic hydroxyl groups is 1. The van der Waals surface area contributed by atoms with E-state index < -0.39 is 6.10 Å². The Kier molecular flexibility index (Phi) is 4.31. The van der Waals surface area contributed by atoms with Crippen LogP contribution in [0.4, 0.5) is 0 Å². The average Bonchev–Trinajstić information content (AvgIpc) is 2.70. The number of halogens is 2. The normalized spacial score (nSPS) is 26.1. The van der Waals surface area contributed by atoms with Crippen molar-refractivity contribution in [2.45, 2.75) is 32.0 Å². The van der Waals surface area contributed by atoms with E-state index in [0.29, 0.717) is 22.4 Å². The zero-order valence-corrected chi connectivity index (χ0v) is 11.2. The highest BCUT2D eigenvalue weighted by Crippen LogP contribution is 2.27. The Balaban J connectivity index is 2.02. The van der Waals surface area contributed by atoms with Gasteiger partial charge in [0.25, 0.3) is 0 Å². The molecule has 0 aromatic heterocycles. The van der Waals surface area contributed by atoms with E-state index in [2.05, 4.69) is 6.92 Å². The zero-order chi connectivity index (χ0) is 12.4. The Hall–Kier alpha value is -0.280. The third-order valence-electron chi connectivity index (χ3n) is 3.25. The minimum absolute atomic E-state index is 0.0653. The van der Waals surface area contributed by atoms with Crippen molar-refractivity contribution in [1.29, 1.82) is 0 Å². The molecule has 0 amide bonds. The summed E-state index contributed by atoms with van der Waals surface area (Å²) in [6.07, 6.45) is 1.02. The molecule has 17 heavy (non-hydrogen) atoms. The lowest BCUT2D eigenvalue weighted by Gasteiger charge is -2.21. The summed E-state index contributed by atoms with van der Waals surface area (Å²) < 4.78 is 5.54. The molecule has 1 aliphatic rings. The molecular weight excluding hydrogens is 259 g/mol. The maximum atomic E-state index is 10.1. The van der Waals surface area contributed by atoms with Crippen LogP contribution in [-0.2, 0) is 11.2 Å². The van der Waals surface area contributed by atoms with E-state index in [4.69, 9.17) is 27.9 Å². The van der Waals surface area contributed by atoms with Crippen LogP contribution in [0.5, 0.6) is 0 Å². The fraction of sp³-hybridized carbons (Fsp3) is 0.538. The van der Waals surface area contributed by atoms with E-state index in [-0.39, 0.29) is 6.10 Å². The van der Waals surface area contributed by atoms with Gasteiger partial charge in [0, 0.05) is 13.0 Å². The van der Waals surface area contributed by atoms with Gasteiger partial charge in [0.1, 0.15) is 0 Å². The molecule has 1 aliphatic heterocycles. The lowest BCUT2D eigenvalue weighted by molar-refractivity contribution is -0.0157. The van der Waals surface area contributed by atoms with Crippen molar-refractivity contribution in [2.24, 2.45) is 5.92 Å². The maximum Gasteiger partial charge on any atom is 0.0863 e. The summed E-state index contributed by atoms with van der Waals surface area (Å²) in [6, 6.07) is 5.44. The molecule has 4 heteroatoms. The average molecular weight is 275 g/mol. The lowest BCUT2D eigenvalue weighted by atomic mass is 9.95. The van der Waals surface area contributed by atoms with Crippen LogP contribution in [0.15, 0.2) is 18.2 Å². The molecule has 0 spiro atoms. The molecule has 0 radical (unpaired) electrons. The summed E-state index contributed by atoms with van der Waals surface area (Å²) >= 11 is 11.8. The van der Waals surface area contributed by atoms with Crippen LogP contribution in [-0.4, -0.2) is 23.9 Å². The topological polar surface area (TPSA) is 29.5 Å². The molecule has 3 atom stereocenters. The van der Waals surface area contributed by atoms with Gasteiger partial charge in [-0.05, 0) is 30.0 Å². The number of benzene rings is 1. The van der Waals surface area contributed by atoms with Crippen LogP contribution >= 0.6 is 23.2 Å². The van der Waals surface area contributed by atoms with E-state index in [0.717, 1.165) is 18.6 Å². The van der Waals surface area contributed by atoms with Crippen LogP contribution < -0.4 is 0 Å². The van der Waals surface area contributed by atoms with Crippen molar-refractivity contribution in [3.8, 4) is 0 Å². The molecule has 0 saturated carbocycles. The fourth-order valence-corrected chi connectivity index (χ4v) is 2.55. The Morgan fingerprint density at radius 2 is 2.18 bits per heavy atom. The van der Waals surface area contributed by atoms with Crippen molar-refractivity contribution in [3.63, 3.8) is 0 Å². The quantitative estimate of drug-likeness (QED) is 0.917. The number of aliphatic hydroxyl groups excluding tert-OH is 1. The Morgan fingerprint density at radius 1 is 1.41 bits per heavy atom. The predicted molar refractivity (Wildman–Crippen MR) is 69.7 cm³/mol. The van der Waals surface area contributed by atoms with Gasteiger partial charge in [-0.15, -0.1) is 0 Å². The molecule has 2 nitrogen and oxygen atoms in total. The van der Waals surface area contributed by atoms with Gasteiger partial charge < -0.3 is 9.84 Å². The van der Waals surface area contributed by atoms with Gasteiger partial charge in [0.05, 0.1) is 22.3 Å². The van der Waals surface area contributed by atoms with Gasteiger partial charge in [0.15, 0.2) is 0 Å². The van der Waals surface area contributed by atoms with Gasteiger partial charge >= 0.3 is 0 Å². The van der Waals surface area contributed by atoms with Crippen LogP contribution in [0, 0.1) is 5.92 Å². The Labute approximate surface area is 111 Å². The Morgan fingerprint density at radius 3 is 2.76 bits per heavy atom. The third-order valence-corrected chi connectivity index (χ3v) is 3.99. The maximum absolute atomic E-state index is 10.1. The van der Waals surface area contributed by atoms with Gasteiger partial charge in [-0.1, -0.05) is 36.2 Å². The molecule has 1 aromatic carbocycles. The predicted octanol–water partition coefficient (Wildman–Crippen LogP) is 3.32. The molecule has 0 aliphatic carbocycles. The van der Waals surface area contributed by atoms with Crippen LogP contribution in [0.1, 0.15) is 18.9 Å². The largest absolute Gasteiger partial charge is 0.390 e. The highest BCUT2D eigenvalue weighted by Gasteiger charge is 2.30. The molecule has 3 unspecified atom stereocenters. The van der Waals surface area contributed by atoms with Gasteiger partial charge in [-0.3, -0.25) is 0 Å². The minimum atomic E-state index is -0.482. The van der Waals surface area contributed by atoms with Crippen molar-refractivity contribution in [1.82, 2.24) is 0 Å². The van der Waals surface area contributed by atoms with Crippen molar-refractivity contribution < 1.29 is 9.84 Å². The molecule has 0 bridgehead atoms. The number of hydrogen-bond donors (Lipinski definition) is 1. The first kappa shape index (κ1) is 13.2. The van der Waals surface area contributed by atoms with Crippen LogP contribution in [0.2, 0.25) is 10.0 Å². The van der Waals surface area contributed by atoms with Crippen molar-refractivity contribution in [3.05, 3.63) is 33.8 Å². The summed E-state index contributed by atoms with van der Waals surface area (Å²) in [5.41, 5.74) is 0.981. The second kappa shape index (κ2) is 5.57. The van der Waals surface area contributed by atoms with Gasteiger partial charge in [0.2, 0.25) is 0 Å². The molecule has 1 fully saturated rings. The summed E-state index contributed by atoms with van der Waals surface area (Å²) in [5, 5.41) is 11.2. The molecule has 2 rings (SSSR count). The van der Waals surface area contributed by atoms with Crippen molar-refractivity contribution >= 4 is 23.2 Å². The highest BCUT2D eigenvalue weighted by atomic mass is 35.5. The highest BCUT2D eigenvalue weighted by molar-refractivity contribution is 6.42. The summed E-state index contributed by atoms with van der Waals surface area (Å²) in [7, 11) is 0. The van der Waals surface area contributed by atoms with Crippen LogP contribution in [0.3, 0.4) is 0 Å². The summed E-state index contributed by atoms with van der Waals surface area (Å²) in [6.45, 7) is 2.85. The zero-order valence-electron chi connectivity index (χ0n) is 9.70. The standard InChI is InChI=1S/C13H16Cl2O2/c1-8-4-5-17-13(8)12(16)7-9-2-3-10(14)11(15)6-9/h2-3,6,8,12-13,16H,4-5,7H2,1H3. The SMILES string of the molecule is CC1CCOC1C(O)Cc1ccc(Cl)c(Cl)c1. The first-order chi connectivity index (χ1) is 8.08. The molecule has 94 valence electrons. The van der Waals surface area contributed by atoms with E-state index in [1.807, 2.05) is 6.07 Å². The molecule has 1 aromatic rings. The minimum Gasteiger partial charge on any atom is -0.390 e. The first-order valence-corrected chi connectivity index (χ1v) is 6.57. The third kappa shape index (κ3) is 3.14. The molecule has 1 N–H and O–H groups in total. The second-order valence-corrected chi connectivity index (χ2v) is 5.44. The molecule has 1 saturated heterocycles.